The van der Waals surface area contributed by atoms with E-state index in [2.05, 4.69) is 163 Å². The quantitative estimate of drug-likeness (QED) is 0.175. The van der Waals surface area contributed by atoms with Crippen molar-refractivity contribution >= 4 is 43.1 Å². The molecule has 0 unspecified atom stereocenters. The third kappa shape index (κ3) is 4.01. The van der Waals surface area contributed by atoms with E-state index >= 15 is 0 Å². The maximum absolute atomic E-state index is 2.48. The lowest BCUT2D eigenvalue weighted by Crippen LogP contribution is -2.14. The zero-order valence-corrected chi connectivity index (χ0v) is 28.2. The summed E-state index contributed by atoms with van der Waals surface area (Å²) >= 11 is 0. The van der Waals surface area contributed by atoms with Crippen molar-refractivity contribution in [3.05, 3.63) is 144 Å². The van der Waals surface area contributed by atoms with Crippen molar-refractivity contribution < 1.29 is 0 Å². The third-order valence-electron chi connectivity index (χ3n) is 11.2. The van der Waals surface area contributed by atoms with E-state index in [1.54, 1.807) is 0 Å². The van der Waals surface area contributed by atoms with E-state index in [1.165, 1.54) is 98.7 Å². The van der Waals surface area contributed by atoms with Crippen LogP contribution in [0.1, 0.15) is 75.6 Å². The van der Waals surface area contributed by atoms with Crippen LogP contribution in [0.15, 0.2) is 121 Å². The Bertz CT molecular complexity index is 2540. The fourth-order valence-corrected chi connectivity index (χ4v) is 8.73. The van der Waals surface area contributed by atoms with Crippen molar-refractivity contribution in [1.82, 2.24) is 0 Å². The average molecular weight is 605 g/mol. The molecule has 0 aromatic heterocycles. The van der Waals surface area contributed by atoms with Gasteiger partial charge < -0.3 is 0 Å². The van der Waals surface area contributed by atoms with Crippen LogP contribution < -0.4 is 0 Å². The van der Waals surface area contributed by atoms with Crippen molar-refractivity contribution in [2.45, 2.75) is 58.8 Å². The molecule has 0 N–H and O–H groups in total. The molecule has 0 nitrogen and oxygen atoms in total. The van der Waals surface area contributed by atoms with Crippen molar-refractivity contribution in [2.75, 3.05) is 0 Å². The number of hydrogen-bond donors (Lipinski definition) is 0. The number of fused-ring (bicyclic) bond motifs is 4. The van der Waals surface area contributed by atoms with Crippen LogP contribution >= 0.6 is 0 Å². The van der Waals surface area contributed by atoms with Gasteiger partial charge in [0.25, 0.3) is 0 Å². The summed E-state index contributed by atoms with van der Waals surface area (Å²) in [7, 11) is 0. The molecule has 1 aliphatic carbocycles. The normalized spacial score (nSPS) is 13.9. The van der Waals surface area contributed by atoms with Gasteiger partial charge in [0.05, 0.1) is 0 Å². The van der Waals surface area contributed by atoms with Crippen molar-refractivity contribution in [2.24, 2.45) is 0 Å². The molecular weight excluding hydrogens is 565 g/mol. The molecule has 9 rings (SSSR count). The van der Waals surface area contributed by atoms with Crippen molar-refractivity contribution in [3.8, 4) is 33.4 Å². The maximum atomic E-state index is 2.48. The Morgan fingerprint density at radius 1 is 0.404 bits per heavy atom. The largest absolute Gasteiger partial charge is 0.0619 e. The van der Waals surface area contributed by atoms with Crippen LogP contribution in [0.4, 0.5) is 0 Å². The summed E-state index contributed by atoms with van der Waals surface area (Å²) < 4.78 is 0. The minimum absolute atomic E-state index is 0.0257. The van der Waals surface area contributed by atoms with E-state index < -0.39 is 0 Å². The predicted molar refractivity (Wildman–Crippen MR) is 204 cm³/mol. The zero-order chi connectivity index (χ0) is 32.2. The average Bonchev–Trinajstić information content (AvgIpc) is 3.31. The summed E-state index contributed by atoms with van der Waals surface area (Å²) in [5.74, 6) is 0.888. The Morgan fingerprint density at radius 3 is 1.87 bits per heavy atom. The van der Waals surface area contributed by atoms with E-state index in [9.17, 15) is 0 Å². The lowest BCUT2D eigenvalue weighted by Gasteiger charge is -2.22. The van der Waals surface area contributed by atoms with Gasteiger partial charge in [-0.25, -0.2) is 0 Å². The van der Waals surface area contributed by atoms with E-state index in [-0.39, 0.29) is 5.41 Å². The molecule has 0 radical (unpaired) electrons. The van der Waals surface area contributed by atoms with Crippen LogP contribution in [0.3, 0.4) is 0 Å². The summed E-state index contributed by atoms with van der Waals surface area (Å²) in [6, 6.07) is 46.6. The highest BCUT2D eigenvalue weighted by Crippen LogP contribution is 2.50. The number of hydrogen-bond acceptors (Lipinski definition) is 0. The van der Waals surface area contributed by atoms with Gasteiger partial charge in [0, 0.05) is 5.41 Å². The molecule has 0 bridgehead atoms. The SMILES string of the molecule is CC(C)c1ccc2ccc3c(C(C)C)cc(-c4ccc5cccc(-c6ccc7c(c6)C(C)(C)c6ccccc6-7)c5c4)c4ccc1c2c43. The molecule has 0 spiro atoms. The second kappa shape index (κ2) is 10.0. The topological polar surface area (TPSA) is 0 Å². The van der Waals surface area contributed by atoms with Gasteiger partial charge in [0.1, 0.15) is 0 Å². The van der Waals surface area contributed by atoms with E-state index in [1.807, 2.05) is 0 Å². The fourth-order valence-electron chi connectivity index (χ4n) is 8.73. The van der Waals surface area contributed by atoms with Crippen molar-refractivity contribution in [3.63, 3.8) is 0 Å². The first-order chi connectivity index (χ1) is 22.7. The monoisotopic (exact) mass is 604 g/mol. The molecule has 0 saturated carbocycles. The highest BCUT2D eigenvalue weighted by molar-refractivity contribution is 6.27. The first-order valence-corrected chi connectivity index (χ1v) is 17.2. The van der Waals surface area contributed by atoms with Gasteiger partial charge >= 0.3 is 0 Å². The highest BCUT2D eigenvalue weighted by atomic mass is 14.4. The number of benzene rings is 8. The smallest absolute Gasteiger partial charge is 0.0159 e. The van der Waals surface area contributed by atoms with Crippen LogP contribution in [-0.4, -0.2) is 0 Å². The Morgan fingerprint density at radius 2 is 1.04 bits per heavy atom. The van der Waals surface area contributed by atoms with E-state index in [0.29, 0.717) is 11.8 Å². The summed E-state index contributed by atoms with van der Waals surface area (Å²) in [6.45, 7) is 14.0. The summed E-state index contributed by atoms with van der Waals surface area (Å²) in [6.07, 6.45) is 0. The molecule has 0 fully saturated rings. The van der Waals surface area contributed by atoms with E-state index in [4.69, 9.17) is 0 Å². The van der Waals surface area contributed by atoms with Gasteiger partial charge in [-0.3, -0.25) is 0 Å². The van der Waals surface area contributed by atoms with Gasteiger partial charge in [0.15, 0.2) is 0 Å². The molecule has 0 heteroatoms. The summed E-state index contributed by atoms with van der Waals surface area (Å²) in [4.78, 5) is 0. The van der Waals surface area contributed by atoms with E-state index in [0.717, 1.165) is 0 Å². The molecule has 47 heavy (non-hydrogen) atoms. The second-order valence-electron chi connectivity index (χ2n) is 14.9. The molecule has 0 aliphatic heterocycles. The van der Waals surface area contributed by atoms with Crippen LogP contribution in [-0.2, 0) is 5.41 Å². The molecule has 0 heterocycles. The first-order valence-electron chi connectivity index (χ1n) is 17.2. The van der Waals surface area contributed by atoms with Gasteiger partial charge in [0.2, 0.25) is 0 Å². The van der Waals surface area contributed by atoms with Gasteiger partial charge in [-0.05, 0) is 129 Å². The lowest BCUT2D eigenvalue weighted by atomic mass is 9.81. The molecular formula is C47H40. The minimum atomic E-state index is -0.0257. The van der Waals surface area contributed by atoms with Crippen LogP contribution in [0.25, 0.3) is 76.5 Å². The molecule has 1 aliphatic rings. The van der Waals surface area contributed by atoms with Gasteiger partial charge in [-0.2, -0.15) is 0 Å². The first kappa shape index (κ1) is 28.3. The molecule has 0 saturated heterocycles. The Hall–Kier alpha value is -4.94. The van der Waals surface area contributed by atoms with Crippen LogP contribution in [0.2, 0.25) is 0 Å². The lowest BCUT2D eigenvalue weighted by molar-refractivity contribution is 0.660. The fraction of sp³-hybridized carbons (Fsp3) is 0.191. The summed E-state index contributed by atoms with van der Waals surface area (Å²) in [5, 5.41) is 10.9. The predicted octanol–water partition coefficient (Wildman–Crippen LogP) is 13.6. The van der Waals surface area contributed by atoms with Gasteiger partial charge in [-0.15, -0.1) is 0 Å². The Labute approximate surface area is 278 Å². The molecule has 0 amide bonds. The highest BCUT2D eigenvalue weighted by Gasteiger charge is 2.35. The molecule has 8 aromatic rings. The summed E-state index contributed by atoms with van der Waals surface area (Å²) in [5.41, 5.74) is 13.6. The molecule has 8 aromatic carbocycles. The second-order valence-corrected chi connectivity index (χ2v) is 14.9. The third-order valence-corrected chi connectivity index (χ3v) is 11.2. The van der Waals surface area contributed by atoms with Crippen LogP contribution in [0.5, 0.6) is 0 Å². The maximum Gasteiger partial charge on any atom is 0.0159 e. The standard InChI is InChI=1S/C47H40/c1-27(2)33-19-16-30-17-21-38-40(28(3)4)26-42(39-23-22-37(33)45(30)46(38)39)31-15-14-29-10-9-12-34(41(29)24-31)32-18-20-36-35-11-7-8-13-43(35)47(5,6)44(36)25-32/h7-28H,1-6H3. The Kier molecular flexibility index (Phi) is 6.04. The van der Waals surface area contributed by atoms with Gasteiger partial charge in [-0.1, -0.05) is 145 Å². The van der Waals surface area contributed by atoms with Crippen LogP contribution in [0, 0.1) is 0 Å². The molecule has 0 atom stereocenters. The van der Waals surface area contributed by atoms with Crippen molar-refractivity contribution in [1.29, 1.82) is 0 Å². The minimum Gasteiger partial charge on any atom is -0.0619 e. The molecule has 228 valence electrons. The zero-order valence-electron chi connectivity index (χ0n) is 28.2. The number of rotatable bonds is 4. The Balaban J connectivity index is 1.28.